The lowest BCUT2D eigenvalue weighted by molar-refractivity contribution is -0.131. The fourth-order valence-corrected chi connectivity index (χ4v) is 3.44. The molecule has 0 spiro atoms. The van der Waals surface area contributed by atoms with Crippen LogP contribution >= 0.6 is 57.4 Å². The predicted molar refractivity (Wildman–Crippen MR) is 135 cm³/mol. The molecule has 0 aromatic carbocycles. The van der Waals surface area contributed by atoms with Crippen LogP contribution < -0.4 is 10.8 Å². The molecule has 0 radical (unpaired) electrons. The molecule has 172 valence electrons. The van der Waals surface area contributed by atoms with Crippen LogP contribution in [-0.4, -0.2) is 70.3 Å². The second-order valence-corrected chi connectivity index (χ2v) is 9.56. The van der Waals surface area contributed by atoms with E-state index >= 15 is 0 Å². The van der Waals surface area contributed by atoms with E-state index in [9.17, 15) is 9.36 Å². The van der Waals surface area contributed by atoms with Crippen LogP contribution in [0.15, 0.2) is 0 Å². The zero-order valence-electron chi connectivity index (χ0n) is 17.6. The molecule has 0 saturated heterocycles. The fraction of sp³-hybridized carbons (Fsp3) is 0.812. The Morgan fingerprint density at radius 2 is 1.48 bits per heavy atom. The number of hydrogen-bond donors (Lipinski definition) is 4. The average Bonchev–Trinajstić information content (AvgIpc) is 2.60. The standard InChI is InChI=1S/C12H23N3OS4.C4H12NO3P/c1-3-6-14(7-4-2)10(16)9-15(12(19)20)8-5-13-11(17)18;1-3-7-9(5,6)8-4-2/h3-9H2,1-2H3,(H,19,20)(H2,13,17,18);3-4H2,1-2H3,(H2,5,6). The number of rotatable bonds is 13. The van der Waals surface area contributed by atoms with Crippen molar-refractivity contribution in [2.75, 3.05) is 45.9 Å². The molecule has 1 amide bonds. The average molecular weight is 507 g/mol. The van der Waals surface area contributed by atoms with Gasteiger partial charge in [0.1, 0.15) is 8.64 Å². The maximum absolute atomic E-state index is 12.3. The number of nitrogens with zero attached hydrogens (tertiary/aromatic N) is 2. The van der Waals surface area contributed by atoms with Crippen LogP contribution in [-0.2, 0) is 18.4 Å². The van der Waals surface area contributed by atoms with Gasteiger partial charge >= 0.3 is 7.75 Å². The SMILES string of the molecule is CCCN(CCC)C(=O)CN(CCNC(=S)S)C(=S)S.CCOP(N)(=O)OCC. The van der Waals surface area contributed by atoms with Crippen LogP contribution in [0, 0.1) is 0 Å². The van der Waals surface area contributed by atoms with Gasteiger partial charge < -0.3 is 15.1 Å². The summed E-state index contributed by atoms with van der Waals surface area (Å²) in [7, 11) is -3.19. The Labute approximate surface area is 197 Å². The molecule has 0 atom stereocenters. The van der Waals surface area contributed by atoms with Crippen molar-refractivity contribution in [2.45, 2.75) is 40.5 Å². The van der Waals surface area contributed by atoms with Crippen LogP contribution in [0.2, 0.25) is 0 Å². The van der Waals surface area contributed by atoms with E-state index in [-0.39, 0.29) is 12.5 Å². The maximum atomic E-state index is 12.3. The first-order chi connectivity index (χ1) is 13.5. The Kier molecular flexibility index (Phi) is 20.3. The highest BCUT2D eigenvalue weighted by Crippen LogP contribution is 2.38. The second-order valence-electron chi connectivity index (χ2n) is 5.69. The van der Waals surface area contributed by atoms with Gasteiger partial charge in [-0.05, 0) is 26.7 Å². The minimum atomic E-state index is -3.19. The number of carbonyl (C=O) groups excluding carboxylic acids is 1. The highest BCUT2D eigenvalue weighted by Gasteiger charge is 2.17. The molecule has 3 N–H and O–H groups in total. The highest BCUT2D eigenvalue weighted by atomic mass is 32.1. The van der Waals surface area contributed by atoms with E-state index in [1.807, 2.05) is 4.90 Å². The first kappa shape index (κ1) is 31.2. The Bertz CT molecular complexity index is 527. The van der Waals surface area contributed by atoms with Gasteiger partial charge in [0.15, 0.2) is 0 Å². The summed E-state index contributed by atoms with van der Waals surface area (Å²) in [5, 5.41) is 2.92. The van der Waals surface area contributed by atoms with Gasteiger partial charge in [-0.1, -0.05) is 38.3 Å². The predicted octanol–water partition coefficient (Wildman–Crippen LogP) is 3.08. The number of thiocarbonyl (C=S) groups is 2. The molecule has 0 aromatic rings. The van der Waals surface area contributed by atoms with Gasteiger partial charge in [0, 0.05) is 26.2 Å². The number of carbonyl (C=O) groups is 1. The van der Waals surface area contributed by atoms with E-state index < -0.39 is 7.75 Å². The van der Waals surface area contributed by atoms with E-state index in [1.54, 1.807) is 18.7 Å². The maximum Gasteiger partial charge on any atom is 0.402 e. The van der Waals surface area contributed by atoms with Gasteiger partial charge in [-0.3, -0.25) is 13.8 Å². The van der Waals surface area contributed by atoms with Gasteiger partial charge in [-0.15, -0.1) is 25.3 Å². The van der Waals surface area contributed by atoms with Crippen LogP contribution in [0.3, 0.4) is 0 Å². The monoisotopic (exact) mass is 506 g/mol. The lowest BCUT2D eigenvalue weighted by atomic mass is 10.3. The van der Waals surface area contributed by atoms with Gasteiger partial charge in [0.2, 0.25) is 5.91 Å². The van der Waals surface area contributed by atoms with Crippen molar-refractivity contribution in [3.63, 3.8) is 0 Å². The molecule has 0 aliphatic carbocycles. The molecule has 0 unspecified atom stereocenters. The van der Waals surface area contributed by atoms with Gasteiger partial charge in [-0.2, -0.15) is 0 Å². The Morgan fingerprint density at radius 1 is 1.00 bits per heavy atom. The van der Waals surface area contributed by atoms with Crippen molar-refractivity contribution in [1.29, 1.82) is 0 Å². The molecule has 0 fully saturated rings. The zero-order chi connectivity index (χ0) is 22.9. The van der Waals surface area contributed by atoms with Crippen molar-refractivity contribution >= 4 is 72.0 Å². The molecule has 0 aliphatic rings. The number of thiol groups is 2. The van der Waals surface area contributed by atoms with Crippen LogP contribution in [0.5, 0.6) is 0 Å². The third-order valence-electron chi connectivity index (χ3n) is 3.21. The fourth-order valence-electron chi connectivity index (χ4n) is 2.10. The molecule has 0 saturated carbocycles. The van der Waals surface area contributed by atoms with Crippen molar-refractivity contribution < 1.29 is 18.4 Å². The van der Waals surface area contributed by atoms with E-state index in [0.717, 1.165) is 25.9 Å². The summed E-state index contributed by atoms with van der Waals surface area (Å²) < 4.78 is 20.8. The third kappa shape index (κ3) is 18.5. The topological polar surface area (TPSA) is 97.1 Å². The normalized spacial score (nSPS) is 10.6. The lowest BCUT2D eigenvalue weighted by Gasteiger charge is -2.27. The summed E-state index contributed by atoms with van der Waals surface area (Å²) in [6.45, 7) is 11.1. The molecule has 29 heavy (non-hydrogen) atoms. The smallest absolute Gasteiger partial charge is 0.369 e. The summed E-state index contributed by atoms with van der Waals surface area (Å²) in [6.07, 6.45) is 1.90. The number of amides is 1. The molecule has 0 rings (SSSR count). The summed E-state index contributed by atoms with van der Waals surface area (Å²) in [5.74, 6) is 0.0820. The summed E-state index contributed by atoms with van der Waals surface area (Å²) in [6, 6.07) is 0. The Balaban J connectivity index is 0. The van der Waals surface area contributed by atoms with Crippen LogP contribution in [0.4, 0.5) is 0 Å². The molecule has 0 bridgehead atoms. The summed E-state index contributed by atoms with van der Waals surface area (Å²) >= 11 is 18.0. The molecule has 13 heteroatoms. The van der Waals surface area contributed by atoms with Crippen LogP contribution in [0.1, 0.15) is 40.5 Å². The third-order valence-corrected chi connectivity index (χ3v) is 5.29. The molecular formula is C16H35N4O4PS4. The van der Waals surface area contributed by atoms with Crippen molar-refractivity contribution in [3.8, 4) is 0 Å². The number of nitrogens with one attached hydrogen (secondary N) is 1. The van der Waals surface area contributed by atoms with E-state index in [1.165, 1.54) is 0 Å². The Hall–Kier alpha value is 0.0600. The molecule has 0 aromatic heterocycles. The molecule has 0 heterocycles. The lowest BCUT2D eigenvalue weighted by Crippen LogP contribution is -2.44. The van der Waals surface area contributed by atoms with Crippen molar-refractivity contribution in [3.05, 3.63) is 0 Å². The van der Waals surface area contributed by atoms with Gasteiger partial charge in [0.25, 0.3) is 0 Å². The molecule has 8 nitrogen and oxygen atoms in total. The van der Waals surface area contributed by atoms with Crippen LogP contribution in [0.25, 0.3) is 0 Å². The van der Waals surface area contributed by atoms with E-state index in [0.29, 0.717) is 34.9 Å². The van der Waals surface area contributed by atoms with Gasteiger partial charge in [-0.25, -0.2) is 10.1 Å². The quantitative estimate of drug-likeness (QED) is 0.171. The minimum absolute atomic E-state index is 0.0820. The van der Waals surface area contributed by atoms with Crippen molar-refractivity contribution in [1.82, 2.24) is 15.1 Å². The first-order valence-corrected chi connectivity index (χ1v) is 12.8. The number of nitrogens with two attached hydrogens (primary N) is 1. The minimum Gasteiger partial charge on any atom is -0.369 e. The first-order valence-electron chi connectivity index (χ1n) is 9.44. The largest absolute Gasteiger partial charge is 0.402 e. The summed E-state index contributed by atoms with van der Waals surface area (Å²) in [5.41, 5.74) is 5.05. The molecular weight excluding hydrogens is 471 g/mol. The second kappa shape index (κ2) is 18.8. The zero-order valence-corrected chi connectivity index (χ0v) is 21.9. The van der Waals surface area contributed by atoms with E-state index in [4.69, 9.17) is 29.9 Å². The molecule has 0 aliphatic heterocycles. The van der Waals surface area contributed by atoms with E-state index in [2.05, 4.69) is 53.5 Å². The highest BCUT2D eigenvalue weighted by molar-refractivity contribution is 8.11. The summed E-state index contributed by atoms with van der Waals surface area (Å²) in [4.78, 5) is 15.9. The Morgan fingerprint density at radius 3 is 1.83 bits per heavy atom. The van der Waals surface area contributed by atoms with Gasteiger partial charge in [0.05, 0.1) is 19.8 Å². The van der Waals surface area contributed by atoms with Crippen molar-refractivity contribution in [2.24, 2.45) is 5.50 Å². The number of hydrogen-bond acceptors (Lipinski definition) is 6.